The fraction of sp³-hybridized carbons (Fsp3) is 0.462. The minimum atomic E-state index is 0.606. The normalized spacial score (nSPS) is 17.4. The van der Waals surface area contributed by atoms with Gasteiger partial charge in [-0.25, -0.2) is 4.98 Å². The van der Waals surface area contributed by atoms with Gasteiger partial charge in [0, 0.05) is 24.2 Å². The standard InChI is InChI=1S/C13H16BrN3O/c14-10-1-2-12-11(7-10)16-13(15)17(12)8-9-3-5-18-6-4-9/h1-2,7,9H,3-6,8H2,(H2,15,16). The van der Waals surface area contributed by atoms with Crippen LogP contribution in [-0.2, 0) is 11.3 Å². The van der Waals surface area contributed by atoms with Gasteiger partial charge in [0.1, 0.15) is 0 Å². The topological polar surface area (TPSA) is 53.1 Å². The zero-order valence-electron chi connectivity index (χ0n) is 10.1. The van der Waals surface area contributed by atoms with Crippen LogP contribution in [0.2, 0.25) is 0 Å². The summed E-state index contributed by atoms with van der Waals surface area (Å²) in [6.45, 7) is 2.67. The minimum absolute atomic E-state index is 0.606. The van der Waals surface area contributed by atoms with Crippen LogP contribution in [0.3, 0.4) is 0 Å². The van der Waals surface area contributed by atoms with Gasteiger partial charge in [0.2, 0.25) is 5.95 Å². The van der Waals surface area contributed by atoms with E-state index in [1.165, 1.54) is 0 Å². The predicted molar refractivity (Wildman–Crippen MR) is 75.4 cm³/mol. The van der Waals surface area contributed by atoms with Gasteiger partial charge in [-0.1, -0.05) is 15.9 Å². The molecule has 0 bridgehead atoms. The Kier molecular flexibility index (Phi) is 3.26. The molecule has 1 aromatic carbocycles. The first-order valence-corrected chi connectivity index (χ1v) is 7.02. The minimum Gasteiger partial charge on any atom is -0.381 e. The van der Waals surface area contributed by atoms with Crippen molar-refractivity contribution in [2.45, 2.75) is 19.4 Å². The van der Waals surface area contributed by atoms with Crippen molar-refractivity contribution in [2.24, 2.45) is 5.92 Å². The Labute approximate surface area is 114 Å². The van der Waals surface area contributed by atoms with Gasteiger partial charge in [0.05, 0.1) is 11.0 Å². The Morgan fingerprint density at radius 2 is 2.17 bits per heavy atom. The van der Waals surface area contributed by atoms with E-state index in [4.69, 9.17) is 10.5 Å². The Balaban J connectivity index is 1.92. The summed E-state index contributed by atoms with van der Waals surface area (Å²) in [4.78, 5) is 4.42. The second-order valence-electron chi connectivity index (χ2n) is 4.77. The summed E-state index contributed by atoms with van der Waals surface area (Å²) in [5, 5.41) is 0. The quantitative estimate of drug-likeness (QED) is 0.928. The molecule has 5 heteroatoms. The number of anilines is 1. The molecular weight excluding hydrogens is 294 g/mol. The Bertz CT molecular complexity index is 561. The van der Waals surface area contributed by atoms with Crippen molar-refractivity contribution in [2.75, 3.05) is 18.9 Å². The van der Waals surface area contributed by atoms with Crippen LogP contribution < -0.4 is 5.73 Å². The first-order valence-electron chi connectivity index (χ1n) is 6.23. The number of nitrogens with two attached hydrogens (primary N) is 1. The van der Waals surface area contributed by atoms with Crippen LogP contribution in [0.1, 0.15) is 12.8 Å². The summed E-state index contributed by atoms with van der Waals surface area (Å²) >= 11 is 3.46. The molecule has 0 spiro atoms. The van der Waals surface area contributed by atoms with Gasteiger partial charge in [-0.05, 0) is 37.0 Å². The lowest BCUT2D eigenvalue weighted by Gasteiger charge is -2.23. The number of benzene rings is 1. The number of imidazole rings is 1. The van der Waals surface area contributed by atoms with Crippen LogP contribution in [0.15, 0.2) is 22.7 Å². The SMILES string of the molecule is Nc1nc2cc(Br)ccc2n1CC1CCOCC1. The van der Waals surface area contributed by atoms with Crippen molar-refractivity contribution >= 4 is 32.9 Å². The van der Waals surface area contributed by atoms with Gasteiger partial charge >= 0.3 is 0 Å². The van der Waals surface area contributed by atoms with Gasteiger partial charge in [0.15, 0.2) is 0 Å². The van der Waals surface area contributed by atoms with E-state index < -0.39 is 0 Å². The van der Waals surface area contributed by atoms with E-state index in [0.717, 1.165) is 48.1 Å². The van der Waals surface area contributed by atoms with E-state index >= 15 is 0 Å². The number of halogens is 1. The molecule has 4 nitrogen and oxygen atoms in total. The van der Waals surface area contributed by atoms with Crippen LogP contribution >= 0.6 is 15.9 Å². The molecule has 0 saturated carbocycles. The summed E-state index contributed by atoms with van der Waals surface area (Å²) in [7, 11) is 0. The molecule has 2 heterocycles. The number of nitrogens with zero attached hydrogens (tertiary/aromatic N) is 2. The molecule has 0 atom stereocenters. The smallest absolute Gasteiger partial charge is 0.201 e. The molecule has 96 valence electrons. The number of hydrogen-bond donors (Lipinski definition) is 1. The van der Waals surface area contributed by atoms with E-state index in [-0.39, 0.29) is 0 Å². The maximum Gasteiger partial charge on any atom is 0.201 e. The first kappa shape index (κ1) is 12.0. The molecule has 1 fully saturated rings. The lowest BCUT2D eigenvalue weighted by atomic mass is 10.0. The molecule has 0 radical (unpaired) electrons. The summed E-state index contributed by atoms with van der Waals surface area (Å²) < 4.78 is 8.55. The van der Waals surface area contributed by atoms with Gasteiger partial charge in [-0.3, -0.25) is 0 Å². The monoisotopic (exact) mass is 309 g/mol. The van der Waals surface area contributed by atoms with Crippen LogP contribution in [0.4, 0.5) is 5.95 Å². The summed E-state index contributed by atoms with van der Waals surface area (Å²) in [6, 6.07) is 6.11. The van der Waals surface area contributed by atoms with Crippen molar-refractivity contribution in [3.05, 3.63) is 22.7 Å². The lowest BCUT2D eigenvalue weighted by Crippen LogP contribution is -2.21. The molecule has 1 aliphatic heterocycles. The number of ether oxygens (including phenoxy) is 1. The molecule has 3 rings (SSSR count). The molecule has 0 aliphatic carbocycles. The molecule has 1 aliphatic rings. The molecule has 2 aromatic rings. The van der Waals surface area contributed by atoms with Crippen LogP contribution in [-0.4, -0.2) is 22.8 Å². The third-order valence-electron chi connectivity index (χ3n) is 3.52. The largest absolute Gasteiger partial charge is 0.381 e. The fourth-order valence-electron chi connectivity index (χ4n) is 2.50. The molecule has 2 N–H and O–H groups in total. The van der Waals surface area contributed by atoms with Crippen molar-refractivity contribution in [3.8, 4) is 0 Å². The van der Waals surface area contributed by atoms with Crippen molar-refractivity contribution in [1.29, 1.82) is 0 Å². The highest BCUT2D eigenvalue weighted by atomic mass is 79.9. The van der Waals surface area contributed by atoms with E-state index in [9.17, 15) is 0 Å². The van der Waals surface area contributed by atoms with Gasteiger partial charge in [-0.2, -0.15) is 0 Å². The zero-order chi connectivity index (χ0) is 12.5. The second kappa shape index (κ2) is 4.90. The lowest BCUT2D eigenvalue weighted by molar-refractivity contribution is 0.0618. The number of hydrogen-bond acceptors (Lipinski definition) is 3. The number of nitrogen functional groups attached to an aromatic ring is 1. The highest BCUT2D eigenvalue weighted by Crippen LogP contribution is 2.25. The Morgan fingerprint density at radius 3 is 2.94 bits per heavy atom. The van der Waals surface area contributed by atoms with Crippen molar-refractivity contribution in [3.63, 3.8) is 0 Å². The third kappa shape index (κ3) is 2.24. The van der Waals surface area contributed by atoms with Crippen LogP contribution in [0.5, 0.6) is 0 Å². The number of fused-ring (bicyclic) bond motifs is 1. The van der Waals surface area contributed by atoms with Gasteiger partial charge in [0.25, 0.3) is 0 Å². The average molecular weight is 310 g/mol. The Morgan fingerprint density at radius 1 is 1.39 bits per heavy atom. The molecule has 0 unspecified atom stereocenters. The van der Waals surface area contributed by atoms with E-state index in [2.05, 4.69) is 31.5 Å². The molecule has 1 aromatic heterocycles. The maximum atomic E-state index is 6.03. The summed E-state index contributed by atoms with van der Waals surface area (Å²) in [6.07, 6.45) is 2.21. The zero-order valence-corrected chi connectivity index (χ0v) is 11.7. The van der Waals surface area contributed by atoms with Gasteiger partial charge < -0.3 is 15.0 Å². The maximum absolute atomic E-state index is 6.03. The fourth-order valence-corrected chi connectivity index (χ4v) is 2.85. The third-order valence-corrected chi connectivity index (χ3v) is 4.01. The van der Waals surface area contributed by atoms with E-state index in [1.807, 2.05) is 12.1 Å². The van der Waals surface area contributed by atoms with Crippen molar-refractivity contribution in [1.82, 2.24) is 9.55 Å². The van der Waals surface area contributed by atoms with Gasteiger partial charge in [-0.15, -0.1) is 0 Å². The molecule has 0 amide bonds. The highest BCUT2D eigenvalue weighted by Gasteiger charge is 2.17. The number of aromatic nitrogens is 2. The Hall–Kier alpha value is -1.07. The van der Waals surface area contributed by atoms with Crippen LogP contribution in [0.25, 0.3) is 11.0 Å². The summed E-state index contributed by atoms with van der Waals surface area (Å²) in [5.74, 6) is 1.25. The van der Waals surface area contributed by atoms with E-state index in [1.54, 1.807) is 0 Å². The number of rotatable bonds is 2. The molecule has 18 heavy (non-hydrogen) atoms. The summed E-state index contributed by atoms with van der Waals surface area (Å²) in [5.41, 5.74) is 8.09. The first-order chi connectivity index (χ1) is 8.74. The second-order valence-corrected chi connectivity index (χ2v) is 5.69. The highest BCUT2D eigenvalue weighted by molar-refractivity contribution is 9.10. The van der Waals surface area contributed by atoms with Crippen LogP contribution in [0, 0.1) is 5.92 Å². The predicted octanol–water partition coefficient (Wildman–Crippen LogP) is 2.81. The average Bonchev–Trinajstić information content (AvgIpc) is 2.66. The van der Waals surface area contributed by atoms with Crippen molar-refractivity contribution < 1.29 is 4.74 Å². The van der Waals surface area contributed by atoms with E-state index in [0.29, 0.717) is 11.9 Å². The molecule has 1 saturated heterocycles. The molecular formula is C13H16BrN3O.